The molecule has 0 bridgehead atoms. The van der Waals surface area contributed by atoms with Gasteiger partial charge >= 0.3 is 0 Å². The van der Waals surface area contributed by atoms with Gasteiger partial charge in [-0.3, -0.25) is 14.7 Å². The number of hydrogen-bond acceptors (Lipinski definition) is 6. The van der Waals surface area contributed by atoms with E-state index in [0.29, 0.717) is 11.5 Å². The summed E-state index contributed by atoms with van der Waals surface area (Å²) in [5, 5.41) is 6.71. The lowest BCUT2D eigenvalue weighted by Gasteiger charge is -2.40. The van der Waals surface area contributed by atoms with Gasteiger partial charge in [-0.1, -0.05) is 13.8 Å². The van der Waals surface area contributed by atoms with E-state index in [9.17, 15) is 4.79 Å². The summed E-state index contributed by atoms with van der Waals surface area (Å²) in [5.74, 6) is 0.599. The van der Waals surface area contributed by atoms with Gasteiger partial charge in [0.25, 0.3) is 5.56 Å². The lowest BCUT2D eigenvalue weighted by atomic mass is 9.81. The first-order valence-electron chi connectivity index (χ1n) is 8.58. The Balaban J connectivity index is 1.85. The third-order valence-electron chi connectivity index (χ3n) is 5.67. The second kappa shape index (κ2) is 5.64. The maximum atomic E-state index is 13.3. The van der Waals surface area contributed by atoms with Gasteiger partial charge in [-0.25, -0.2) is 9.97 Å². The maximum absolute atomic E-state index is 13.3. The van der Waals surface area contributed by atoms with Gasteiger partial charge in [0.2, 0.25) is 0 Å². The summed E-state index contributed by atoms with van der Waals surface area (Å²) in [7, 11) is 1.67. The molecule has 1 aliphatic heterocycles. The Morgan fingerprint density at radius 3 is 2.80 bits per heavy atom. The molecular weight excluding hydrogens is 318 g/mol. The zero-order valence-electron chi connectivity index (χ0n) is 14.7. The molecule has 132 valence electrons. The van der Waals surface area contributed by atoms with E-state index in [4.69, 9.17) is 4.74 Å². The van der Waals surface area contributed by atoms with Gasteiger partial charge in [0.05, 0.1) is 5.69 Å². The minimum Gasteiger partial charge on any atom is -0.361 e. The van der Waals surface area contributed by atoms with Crippen LogP contribution in [0.25, 0.3) is 0 Å². The highest BCUT2D eigenvalue weighted by Crippen LogP contribution is 2.53. The first kappa shape index (κ1) is 16.2. The van der Waals surface area contributed by atoms with Crippen LogP contribution in [0.1, 0.15) is 45.0 Å². The van der Waals surface area contributed by atoms with Crippen LogP contribution in [0.2, 0.25) is 0 Å². The lowest BCUT2D eigenvalue weighted by Crippen LogP contribution is -2.53. The number of pyridine rings is 1. The highest BCUT2D eigenvalue weighted by Gasteiger charge is 2.56. The number of fused-ring (bicyclic) bond motifs is 2. The van der Waals surface area contributed by atoms with E-state index >= 15 is 0 Å². The van der Waals surface area contributed by atoms with Crippen LogP contribution in [-0.2, 0) is 10.4 Å². The van der Waals surface area contributed by atoms with Crippen molar-refractivity contribution in [3.63, 3.8) is 0 Å². The number of nitrogens with zero attached hydrogens (tertiary/aromatic N) is 3. The van der Waals surface area contributed by atoms with Gasteiger partial charge in [-0.05, 0) is 37.5 Å². The Kier molecular flexibility index (Phi) is 3.66. The molecule has 1 fully saturated rings. The van der Waals surface area contributed by atoms with Gasteiger partial charge in [0.1, 0.15) is 23.5 Å². The van der Waals surface area contributed by atoms with Gasteiger partial charge in [0, 0.05) is 18.7 Å². The normalized spacial score (nSPS) is 26.8. The zero-order chi connectivity index (χ0) is 17.7. The summed E-state index contributed by atoms with van der Waals surface area (Å²) in [6.07, 6.45) is 5.86. The fourth-order valence-electron chi connectivity index (χ4n) is 4.30. The number of aromatic nitrogens is 3. The van der Waals surface area contributed by atoms with E-state index in [1.54, 1.807) is 25.4 Å². The predicted molar refractivity (Wildman–Crippen MR) is 94.5 cm³/mol. The summed E-state index contributed by atoms with van der Waals surface area (Å²) in [4.78, 5) is 21.4. The van der Waals surface area contributed by atoms with Crippen LogP contribution in [0.15, 0.2) is 35.5 Å². The second-order valence-electron chi connectivity index (χ2n) is 7.39. The van der Waals surface area contributed by atoms with Crippen molar-refractivity contribution in [2.45, 2.75) is 45.0 Å². The number of ether oxygens (including phenoxy) is 1. The van der Waals surface area contributed by atoms with E-state index in [2.05, 4.69) is 34.4 Å². The molecule has 7 nitrogen and oxygen atoms in total. The van der Waals surface area contributed by atoms with Gasteiger partial charge in [-0.15, -0.1) is 0 Å². The highest BCUT2D eigenvalue weighted by atomic mass is 16.5. The standard InChI is InChI=1S/C18H23N5O2/c1-17(2)8-4-9-18(17)22-15(25-3)13-6-5-12(16(24)23(13)18)21-14-7-10-19-11-20-14/h5-7,10-11,15,22H,4,8-9H2,1-3H3,(H,19,20,21). The number of methoxy groups -OCH3 is 1. The molecule has 2 aliphatic rings. The number of nitrogens with one attached hydrogen (secondary N) is 2. The van der Waals surface area contributed by atoms with E-state index in [-0.39, 0.29) is 17.2 Å². The first-order chi connectivity index (χ1) is 12.0. The molecule has 1 aliphatic carbocycles. The quantitative estimate of drug-likeness (QED) is 0.893. The van der Waals surface area contributed by atoms with Crippen LogP contribution in [-0.4, -0.2) is 21.6 Å². The summed E-state index contributed by atoms with van der Waals surface area (Å²) in [6.45, 7) is 4.43. The Bertz CT molecular complexity index is 848. The molecule has 0 amide bonds. The van der Waals surface area contributed by atoms with Crippen LogP contribution in [0.4, 0.5) is 11.5 Å². The van der Waals surface area contributed by atoms with Crippen molar-refractivity contribution in [1.82, 2.24) is 19.9 Å². The fraction of sp³-hybridized carbons (Fsp3) is 0.500. The maximum Gasteiger partial charge on any atom is 0.276 e. The van der Waals surface area contributed by atoms with Crippen molar-refractivity contribution >= 4 is 11.5 Å². The first-order valence-corrected chi connectivity index (χ1v) is 8.58. The van der Waals surface area contributed by atoms with Crippen molar-refractivity contribution < 1.29 is 4.74 Å². The Labute approximate surface area is 146 Å². The third kappa shape index (κ3) is 2.30. The molecule has 2 unspecified atom stereocenters. The van der Waals surface area contributed by atoms with Crippen LogP contribution < -0.4 is 16.2 Å². The average Bonchev–Trinajstić information content (AvgIpc) is 3.09. The molecule has 7 heteroatoms. The molecule has 1 saturated carbocycles. The molecule has 2 aromatic heterocycles. The predicted octanol–water partition coefficient (Wildman–Crippen LogP) is 2.49. The Hall–Kier alpha value is -2.25. The van der Waals surface area contributed by atoms with Crippen molar-refractivity contribution in [3.05, 3.63) is 46.8 Å². The van der Waals surface area contributed by atoms with Crippen LogP contribution >= 0.6 is 0 Å². The van der Waals surface area contributed by atoms with Crippen molar-refractivity contribution in [2.75, 3.05) is 12.4 Å². The van der Waals surface area contributed by atoms with Crippen LogP contribution in [0.5, 0.6) is 0 Å². The molecule has 2 atom stereocenters. The lowest BCUT2D eigenvalue weighted by molar-refractivity contribution is 0.0154. The fourth-order valence-corrected chi connectivity index (χ4v) is 4.30. The summed E-state index contributed by atoms with van der Waals surface area (Å²) < 4.78 is 7.52. The molecule has 0 aromatic carbocycles. The van der Waals surface area contributed by atoms with E-state index in [1.807, 2.05) is 10.6 Å². The molecule has 3 heterocycles. The highest BCUT2D eigenvalue weighted by molar-refractivity contribution is 5.55. The number of anilines is 2. The zero-order valence-corrected chi connectivity index (χ0v) is 14.7. The largest absolute Gasteiger partial charge is 0.361 e. The van der Waals surface area contributed by atoms with Crippen molar-refractivity contribution in [2.24, 2.45) is 5.41 Å². The van der Waals surface area contributed by atoms with Crippen molar-refractivity contribution in [3.8, 4) is 0 Å². The molecule has 0 radical (unpaired) electrons. The molecular formula is C18H23N5O2. The van der Waals surface area contributed by atoms with Gasteiger partial charge < -0.3 is 10.1 Å². The summed E-state index contributed by atoms with van der Waals surface area (Å²) >= 11 is 0. The minimum atomic E-state index is -0.427. The van der Waals surface area contributed by atoms with Crippen LogP contribution in [0, 0.1) is 5.41 Å². The van der Waals surface area contributed by atoms with E-state index in [1.165, 1.54) is 6.33 Å². The van der Waals surface area contributed by atoms with Gasteiger partial charge in [-0.2, -0.15) is 0 Å². The van der Waals surface area contributed by atoms with Gasteiger partial charge in [0.15, 0.2) is 6.23 Å². The summed E-state index contributed by atoms with van der Waals surface area (Å²) in [6, 6.07) is 5.49. The molecule has 25 heavy (non-hydrogen) atoms. The van der Waals surface area contributed by atoms with E-state index in [0.717, 1.165) is 25.0 Å². The smallest absolute Gasteiger partial charge is 0.276 e. The third-order valence-corrected chi connectivity index (χ3v) is 5.67. The molecule has 4 rings (SSSR count). The number of rotatable bonds is 3. The topological polar surface area (TPSA) is 81.1 Å². The number of hydrogen-bond donors (Lipinski definition) is 2. The van der Waals surface area contributed by atoms with Crippen LogP contribution in [0.3, 0.4) is 0 Å². The SMILES string of the molecule is COC1NC2(CCCC2(C)C)n2c1ccc(Nc1ccncn1)c2=O. The molecule has 1 spiro atoms. The minimum absolute atomic E-state index is 0.0492. The Morgan fingerprint density at radius 1 is 1.32 bits per heavy atom. The molecule has 0 saturated heterocycles. The van der Waals surface area contributed by atoms with E-state index < -0.39 is 5.66 Å². The second-order valence-corrected chi connectivity index (χ2v) is 7.39. The summed E-state index contributed by atoms with van der Waals surface area (Å²) in [5.41, 5.74) is 0.840. The molecule has 2 aromatic rings. The average molecular weight is 341 g/mol. The monoisotopic (exact) mass is 341 g/mol. The Morgan fingerprint density at radius 2 is 2.16 bits per heavy atom. The molecule has 2 N–H and O–H groups in total. The van der Waals surface area contributed by atoms with Crippen molar-refractivity contribution in [1.29, 1.82) is 0 Å².